The van der Waals surface area contributed by atoms with E-state index < -0.39 is 0 Å². The Labute approximate surface area is 205 Å². The minimum Gasteiger partial charge on any atom is -0.393 e. The molecule has 3 saturated carbocycles. The van der Waals surface area contributed by atoms with Crippen LogP contribution in [0.15, 0.2) is 22.8 Å². The summed E-state index contributed by atoms with van der Waals surface area (Å²) >= 11 is 0. The zero-order valence-corrected chi connectivity index (χ0v) is 20.9. The molecule has 0 aromatic heterocycles. The lowest BCUT2D eigenvalue weighted by Crippen LogP contribution is -2.30. The van der Waals surface area contributed by atoms with Gasteiger partial charge in [0, 0.05) is 19.3 Å². The molecule has 0 aromatic carbocycles. The Balaban J connectivity index is 0.000000142. The molecule has 6 aliphatic rings. The molecular weight excluding hydrogens is 424 g/mol. The van der Waals surface area contributed by atoms with Gasteiger partial charge in [-0.25, -0.2) is 0 Å². The van der Waals surface area contributed by atoms with E-state index in [1.807, 2.05) is 6.08 Å². The van der Waals surface area contributed by atoms with Crippen molar-refractivity contribution in [3.63, 3.8) is 0 Å². The van der Waals surface area contributed by atoms with Crippen LogP contribution in [0.25, 0.3) is 0 Å². The van der Waals surface area contributed by atoms with Gasteiger partial charge in [-0.3, -0.25) is 9.59 Å². The molecule has 2 N–H and O–H groups in total. The molecule has 3 fully saturated rings. The Hall–Kier alpha value is -1.26. The number of aliphatic hydroxyl groups is 2. The van der Waals surface area contributed by atoms with Gasteiger partial charge in [-0.2, -0.15) is 0 Å². The van der Waals surface area contributed by atoms with Gasteiger partial charge in [-0.15, -0.1) is 0 Å². The molecule has 0 aliphatic heterocycles. The van der Waals surface area contributed by atoms with Crippen LogP contribution in [-0.2, 0) is 9.59 Å². The molecule has 0 radical (unpaired) electrons. The minimum atomic E-state index is -0.0487. The summed E-state index contributed by atoms with van der Waals surface area (Å²) < 4.78 is 0. The summed E-state index contributed by atoms with van der Waals surface area (Å²) in [5, 5.41) is 20.0. The number of ketones is 2. The standard InChI is InChI=1S/2C15H22O2/c2*16-13-7-6-10-8-12(5-4-11(10)9-13)14-2-1-3-15(14)17/h12,14-15,17H,1-9H2;9-10,12,14-15,17H,1-8H2. The minimum absolute atomic E-state index is 0.0456. The lowest BCUT2D eigenvalue weighted by Gasteiger charge is -2.37. The Bertz CT molecular complexity index is 839. The van der Waals surface area contributed by atoms with Crippen LogP contribution >= 0.6 is 0 Å². The summed E-state index contributed by atoms with van der Waals surface area (Å²) in [5.74, 6) is 3.91. The first-order valence-corrected chi connectivity index (χ1v) is 14.3. The molecule has 0 aromatic rings. The monoisotopic (exact) mass is 468 g/mol. The van der Waals surface area contributed by atoms with E-state index in [1.165, 1.54) is 62.5 Å². The van der Waals surface area contributed by atoms with Crippen LogP contribution in [0.1, 0.15) is 109 Å². The van der Waals surface area contributed by atoms with Crippen LogP contribution in [0.5, 0.6) is 0 Å². The van der Waals surface area contributed by atoms with Gasteiger partial charge >= 0.3 is 0 Å². The maximum absolute atomic E-state index is 11.4. The molecule has 188 valence electrons. The van der Waals surface area contributed by atoms with E-state index >= 15 is 0 Å². The number of hydrogen-bond donors (Lipinski definition) is 2. The number of aliphatic hydroxyl groups excluding tert-OH is 2. The van der Waals surface area contributed by atoms with Crippen molar-refractivity contribution >= 4 is 11.6 Å². The summed E-state index contributed by atoms with van der Waals surface area (Å²) in [5.41, 5.74) is 4.43. The average Bonchev–Trinajstić information content (AvgIpc) is 3.46. The highest BCUT2D eigenvalue weighted by Gasteiger charge is 2.38. The summed E-state index contributed by atoms with van der Waals surface area (Å²) in [4.78, 5) is 22.8. The van der Waals surface area contributed by atoms with Gasteiger partial charge in [0.1, 0.15) is 5.78 Å². The van der Waals surface area contributed by atoms with Crippen LogP contribution in [0.4, 0.5) is 0 Å². The quantitative estimate of drug-likeness (QED) is 0.499. The van der Waals surface area contributed by atoms with E-state index in [0.29, 0.717) is 41.2 Å². The second-order valence-corrected chi connectivity index (χ2v) is 12.2. The van der Waals surface area contributed by atoms with Crippen molar-refractivity contribution in [2.75, 3.05) is 0 Å². The summed E-state index contributed by atoms with van der Waals surface area (Å²) in [7, 11) is 0. The number of rotatable bonds is 2. The second kappa shape index (κ2) is 10.8. The predicted octanol–water partition coefficient (Wildman–Crippen LogP) is 5.85. The number of hydrogen-bond acceptors (Lipinski definition) is 4. The molecule has 7 unspecified atom stereocenters. The van der Waals surface area contributed by atoms with Crippen LogP contribution in [-0.4, -0.2) is 34.0 Å². The fourth-order valence-corrected chi connectivity index (χ4v) is 8.28. The molecule has 4 heteroatoms. The van der Waals surface area contributed by atoms with Gasteiger partial charge in [0.2, 0.25) is 0 Å². The first-order valence-electron chi connectivity index (χ1n) is 14.3. The Morgan fingerprint density at radius 2 is 1.38 bits per heavy atom. The molecule has 0 spiro atoms. The van der Waals surface area contributed by atoms with Gasteiger partial charge < -0.3 is 10.2 Å². The fraction of sp³-hybridized carbons (Fsp3) is 0.800. The number of carbonyl (C=O) groups is 2. The van der Waals surface area contributed by atoms with Gasteiger partial charge in [-0.1, -0.05) is 29.6 Å². The van der Waals surface area contributed by atoms with Crippen LogP contribution < -0.4 is 0 Å². The first kappa shape index (κ1) is 24.4. The van der Waals surface area contributed by atoms with Gasteiger partial charge in [0.05, 0.1) is 12.2 Å². The van der Waals surface area contributed by atoms with E-state index in [1.54, 1.807) is 5.57 Å². The van der Waals surface area contributed by atoms with Crippen molar-refractivity contribution in [2.24, 2.45) is 29.6 Å². The SMILES string of the molecule is O=C1C=C2CCC(C3CCCC3O)CC2CC1.O=C1CCC2=C(CCC(C3CCCC3O)C2)C1. The normalized spacial score (nSPS) is 40.3. The average molecular weight is 469 g/mol. The van der Waals surface area contributed by atoms with Crippen molar-refractivity contribution in [3.05, 3.63) is 22.8 Å². The van der Waals surface area contributed by atoms with Crippen molar-refractivity contribution in [2.45, 2.75) is 121 Å². The third kappa shape index (κ3) is 5.43. The molecule has 34 heavy (non-hydrogen) atoms. The second-order valence-electron chi connectivity index (χ2n) is 12.2. The molecule has 0 amide bonds. The highest BCUT2D eigenvalue weighted by molar-refractivity contribution is 5.91. The topological polar surface area (TPSA) is 74.6 Å². The predicted molar refractivity (Wildman–Crippen MR) is 133 cm³/mol. The first-order chi connectivity index (χ1) is 16.5. The smallest absolute Gasteiger partial charge is 0.155 e. The van der Waals surface area contributed by atoms with E-state index in [4.69, 9.17) is 0 Å². The molecule has 6 rings (SSSR count). The maximum Gasteiger partial charge on any atom is 0.155 e. The Morgan fingerprint density at radius 3 is 2.09 bits per heavy atom. The summed E-state index contributed by atoms with van der Waals surface area (Å²) in [6, 6.07) is 0. The zero-order valence-electron chi connectivity index (χ0n) is 20.9. The van der Waals surface area contributed by atoms with E-state index in [9.17, 15) is 19.8 Å². The molecule has 0 heterocycles. The Kier molecular flexibility index (Phi) is 7.75. The highest BCUT2D eigenvalue weighted by atomic mass is 16.3. The lowest BCUT2D eigenvalue weighted by molar-refractivity contribution is -0.119. The summed E-state index contributed by atoms with van der Waals surface area (Å²) in [6.07, 6.45) is 20.0. The van der Waals surface area contributed by atoms with E-state index in [0.717, 1.165) is 57.8 Å². The number of allylic oxidation sites excluding steroid dienone is 4. The third-order valence-corrected chi connectivity index (χ3v) is 10.2. The maximum atomic E-state index is 11.4. The Morgan fingerprint density at radius 1 is 0.676 bits per heavy atom. The molecule has 0 saturated heterocycles. The number of carbonyl (C=O) groups excluding carboxylic acids is 2. The van der Waals surface area contributed by atoms with Crippen LogP contribution in [0.3, 0.4) is 0 Å². The largest absolute Gasteiger partial charge is 0.393 e. The van der Waals surface area contributed by atoms with Crippen molar-refractivity contribution < 1.29 is 19.8 Å². The molecule has 7 atom stereocenters. The van der Waals surface area contributed by atoms with Gasteiger partial charge in [0.25, 0.3) is 0 Å². The highest BCUT2D eigenvalue weighted by Crippen LogP contribution is 2.46. The van der Waals surface area contributed by atoms with Gasteiger partial charge in [-0.05, 0) is 113 Å². The number of Topliss-reactive ketones (excluding diaryl/α,β-unsaturated/α-hetero) is 1. The molecule has 4 nitrogen and oxygen atoms in total. The summed E-state index contributed by atoms with van der Waals surface area (Å²) in [6.45, 7) is 0. The van der Waals surface area contributed by atoms with Crippen molar-refractivity contribution in [3.8, 4) is 0 Å². The molecule has 0 bridgehead atoms. The van der Waals surface area contributed by atoms with E-state index in [-0.39, 0.29) is 12.2 Å². The molecule has 6 aliphatic carbocycles. The number of fused-ring (bicyclic) bond motifs is 1. The zero-order chi connectivity index (χ0) is 23.7. The lowest BCUT2D eigenvalue weighted by atomic mass is 9.68. The molecular formula is C30H44O4. The van der Waals surface area contributed by atoms with E-state index in [2.05, 4.69) is 0 Å². The van der Waals surface area contributed by atoms with Crippen molar-refractivity contribution in [1.82, 2.24) is 0 Å². The van der Waals surface area contributed by atoms with Gasteiger partial charge in [0.15, 0.2) is 5.78 Å². The van der Waals surface area contributed by atoms with Crippen LogP contribution in [0, 0.1) is 29.6 Å². The fourth-order valence-electron chi connectivity index (χ4n) is 8.28. The van der Waals surface area contributed by atoms with Crippen LogP contribution in [0.2, 0.25) is 0 Å². The third-order valence-electron chi connectivity index (χ3n) is 10.2. The van der Waals surface area contributed by atoms with Crippen molar-refractivity contribution in [1.29, 1.82) is 0 Å².